The second-order valence-corrected chi connectivity index (χ2v) is 7.12. The molecule has 0 amide bonds. The quantitative estimate of drug-likeness (QED) is 0.694. The summed E-state index contributed by atoms with van der Waals surface area (Å²) in [5, 5.41) is 3.67. The van der Waals surface area contributed by atoms with Crippen LogP contribution < -0.4 is 34.3 Å². The Hall–Kier alpha value is -1.19. The second kappa shape index (κ2) is 7.14. The van der Waals surface area contributed by atoms with E-state index >= 15 is 0 Å². The van der Waals surface area contributed by atoms with E-state index in [1.54, 1.807) is 6.07 Å². The number of thiophene rings is 1. The number of aromatic nitrogens is 1. The molecule has 0 bridgehead atoms. The summed E-state index contributed by atoms with van der Waals surface area (Å²) in [6, 6.07) is 7.40. The van der Waals surface area contributed by atoms with Crippen LogP contribution in [0.3, 0.4) is 0 Å². The third-order valence-electron chi connectivity index (χ3n) is 2.78. The molecule has 0 unspecified atom stereocenters. The first kappa shape index (κ1) is 18.2. The number of nitrogens with one attached hydrogen (secondary N) is 1. The molecule has 0 aliphatic heterocycles. The zero-order valence-electron chi connectivity index (χ0n) is 13.4. The topological polar surface area (TPSA) is 72.2 Å². The number of rotatable bonds is 4. The summed E-state index contributed by atoms with van der Waals surface area (Å²) in [6.45, 7) is 0. The molecule has 0 fully saturated rings. The first-order valence-corrected chi connectivity index (χ1v) is 9.03. The van der Waals surface area contributed by atoms with E-state index in [-0.39, 0.29) is 48.5 Å². The van der Waals surface area contributed by atoms with Crippen molar-refractivity contribution in [2.24, 2.45) is 0 Å². The van der Waals surface area contributed by atoms with E-state index in [4.69, 9.17) is 4.42 Å². The minimum Gasteiger partial charge on any atom is -1.00 e. The van der Waals surface area contributed by atoms with E-state index in [0.717, 1.165) is 11.8 Å². The normalized spacial score (nSPS) is 11.0. The monoisotopic (exact) mass is 362 g/mol. The van der Waals surface area contributed by atoms with Gasteiger partial charge < -0.3 is 5.84 Å². The number of anilines is 1. The van der Waals surface area contributed by atoms with Gasteiger partial charge in [-0.1, -0.05) is 0 Å². The van der Waals surface area contributed by atoms with Gasteiger partial charge in [0.1, 0.15) is 5.82 Å². The van der Waals surface area contributed by atoms with Crippen LogP contribution in [0.15, 0.2) is 45.5 Å². The smallest absolute Gasteiger partial charge is 1.00 e. The van der Waals surface area contributed by atoms with Crippen molar-refractivity contribution in [1.82, 2.24) is 4.98 Å². The molecule has 1 N–H and O–H groups in total. The molecular weight excluding hydrogens is 350 g/mol. The Morgan fingerprint density at radius 2 is 1.91 bits per heavy atom. The fraction of sp³-hybridized carbons (Fsp3) is 0.0714. The van der Waals surface area contributed by atoms with Crippen LogP contribution in [0, 0.1) is 5.82 Å². The summed E-state index contributed by atoms with van der Waals surface area (Å²) < 4.78 is 44.0. The zero-order valence-corrected chi connectivity index (χ0v) is 16.0. The van der Waals surface area contributed by atoms with Gasteiger partial charge in [-0.05, 0) is 35.7 Å². The maximum atomic E-state index is 13.0. The van der Waals surface area contributed by atoms with Gasteiger partial charge in [0.2, 0.25) is 15.9 Å². The van der Waals surface area contributed by atoms with Gasteiger partial charge >= 0.3 is 29.6 Å². The molecule has 23 heavy (non-hydrogen) atoms. The van der Waals surface area contributed by atoms with Gasteiger partial charge in [0.15, 0.2) is 11.6 Å². The van der Waals surface area contributed by atoms with E-state index in [0.29, 0.717) is 11.3 Å². The number of halogens is 1. The van der Waals surface area contributed by atoms with Crippen LogP contribution in [-0.4, -0.2) is 19.7 Å². The predicted molar refractivity (Wildman–Crippen MR) is 84.8 cm³/mol. The number of benzene rings is 1. The van der Waals surface area contributed by atoms with Crippen molar-refractivity contribution in [3.05, 3.63) is 46.9 Å². The van der Waals surface area contributed by atoms with Crippen LogP contribution in [0.1, 0.15) is 1.43 Å². The third kappa shape index (κ3) is 4.42. The summed E-state index contributed by atoms with van der Waals surface area (Å²) in [5.74, 6) is 0.279. The molecule has 2 heterocycles. The van der Waals surface area contributed by atoms with E-state index in [2.05, 4.69) is 9.71 Å². The summed E-state index contributed by atoms with van der Waals surface area (Å²) in [5.41, 5.74) is 1.27. The van der Waals surface area contributed by atoms with Gasteiger partial charge in [-0.2, -0.15) is 16.3 Å². The van der Waals surface area contributed by atoms with Crippen molar-refractivity contribution in [2.45, 2.75) is 0 Å². The fourth-order valence-corrected chi connectivity index (χ4v) is 3.00. The van der Waals surface area contributed by atoms with E-state index in [9.17, 15) is 12.8 Å². The van der Waals surface area contributed by atoms with Gasteiger partial charge in [-0.3, -0.25) is 4.72 Å². The Labute approximate surface area is 160 Å². The molecule has 0 aliphatic carbocycles. The summed E-state index contributed by atoms with van der Waals surface area (Å²) in [7, 11) is -3.50. The molecule has 1 aromatic carbocycles. The van der Waals surface area contributed by atoms with E-state index in [1.165, 1.54) is 35.6 Å². The summed E-state index contributed by atoms with van der Waals surface area (Å²) in [4.78, 5) is 4.18. The van der Waals surface area contributed by atoms with E-state index < -0.39 is 10.0 Å². The molecule has 0 saturated carbocycles. The number of hydrogen-bond donors (Lipinski definition) is 1. The van der Waals surface area contributed by atoms with Crippen molar-refractivity contribution in [2.75, 3.05) is 11.0 Å². The molecule has 0 saturated heterocycles. The standard InChI is InChI=1S/C14H11FN2O3S2.Na.H/c1-22(18,19)17-13-12(10-6-7-21-8-10)20-14(16-13)9-2-4-11(15)5-3-9;;/h2-8,17H,1H3;;/q;+1;-1. The summed E-state index contributed by atoms with van der Waals surface area (Å²) >= 11 is 1.45. The Kier molecular flexibility index (Phi) is 5.64. The van der Waals surface area contributed by atoms with Crippen molar-refractivity contribution in [3.8, 4) is 22.8 Å². The molecular formula is C14H12FN2NaO3S2. The number of sulfonamides is 1. The van der Waals surface area contributed by atoms with E-state index in [1.807, 2.05) is 10.8 Å². The van der Waals surface area contributed by atoms with Crippen LogP contribution in [0.4, 0.5) is 10.2 Å². The van der Waals surface area contributed by atoms with Crippen molar-refractivity contribution >= 4 is 27.2 Å². The van der Waals surface area contributed by atoms with Crippen molar-refractivity contribution in [1.29, 1.82) is 0 Å². The Balaban J connectivity index is 0.00000144. The van der Waals surface area contributed by atoms with Crippen molar-refractivity contribution in [3.63, 3.8) is 0 Å². The van der Waals surface area contributed by atoms with Gasteiger partial charge in [-0.15, -0.1) is 0 Å². The minimum atomic E-state index is -3.50. The Bertz CT molecular complexity index is 897. The predicted octanol–water partition coefficient (Wildman–Crippen LogP) is 0.697. The molecule has 3 rings (SSSR count). The fourth-order valence-electron chi connectivity index (χ4n) is 1.87. The molecule has 0 aliphatic rings. The Morgan fingerprint density at radius 3 is 2.48 bits per heavy atom. The zero-order chi connectivity index (χ0) is 15.7. The molecule has 2 aromatic heterocycles. The maximum absolute atomic E-state index is 13.0. The third-order valence-corrected chi connectivity index (χ3v) is 4.03. The maximum Gasteiger partial charge on any atom is 1.00 e. The minimum absolute atomic E-state index is 0. The number of nitrogens with zero attached hydrogens (tertiary/aromatic N) is 1. The molecule has 5 nitrogen and oxygen atoms in total. The molecule has 0 spiro atoms. The first-order valence-electron chi connectivity index (χ1n) is 6.19. The first-order chi connectivity index (χ1) is 10.4. The largest absolute Gasteiger partial charge is 1.00 e. The van der Waals surface area contributed by atoms with Crippen LogP contribution in [0.25, 0.3) is 22.8 Å². The average molecular weight is 362 g/mol. The number of hydrogen-bond acceptors (Lipinski definition) is 5. The Morgan fingerprint density at radius 1 is 1.22 bits per heavy atom. The van der Waals surface area contributed by atoms with Gasteiger partial charge in [-0.25, -0.2) is 12.8 Å². The van der Waals surface area contributed by atoms with Crippen molar-refractivity contribution < 1.29 is 48.2 Å². The van der Waals surface area contributed by atoms with Crippen LogP contribution >= 0.6 is 11.3 Å². The van der Waals surface area contributed by atoms with Gasteiger partial charge in [0.25, 0.3) is 0 Å². The van der Waals surface area contributed by atoms with Crippen LogP contribution in [-0.2, 0) is 10.0 Å². The van der Waals surface area contributed by atoms with Gasteiger partial charge in [0, 0.05) is 16.5 Å². The number of oxazole rings is 1. The average Bonchev–Trinajstić information content (AvgIpc) is 3.06. The second-order valence-electron chi connectivity index (χ2n) is 4.59. The molecule has 9 heteroatoms. The summed E-state index contributed by atoms with van der Waals surface area (Å²) in [6.07, 6.45) is 1.04. The molecule has 116 valence electrons. The SMILES string of the molecule is CS(=O)(=O)Nc1nc(-c2ccc(F)cc2)oc1-c1ccsc1.[H-].[Na+]. The molecule has 3 aromatic rings. The van der Waals surface area contributed by atoms with Crippen LogP contribution in [0.2, 0.25) is 0 Å². The molecule has 0 radical (unpaired) electrons. The van der Waals surface area contributed by atoms with Crippen LogP contribution in [0.5, 0.6) is 0 Å². The van der Waals surface area contributed by atoms with Gasteiger partial charge in [0.05, 0.1) is 6.26 Å². The molecule has 0 atom stereocenters.